The summed E-state index contributed by atoms with van der Waals surface area (Å²) in [4.78, 5) is 0. The van der Waals surface area contributed by atoms with Gasteiger partial charge in [0.25, 0.3) is 0 Å². The normalized spacial score (nSPS) is 9.11. The molecule has 0 saturated heterocycles. The maximum atomic E-state index is 8.85. The first-order chi connectivity index (χ1) is 12.6. The minimum Gasteiger partial charge on any atom is -0.504 e. The zero-order valence-corrected chi connectivity index (χ0v) is 16.8. The summed E-state index contributed by atoms with van der Waals surface area (Å²) >= 11 is 0. The number of phenolic OH excluding ortho intramolecular Hbond substituents is 6. The SMILES string of the molecule is Cc1ccc(O)c(O)c1.Cc1ccc(O)c(O)c1.Cc1ccc(O)c(O)c1.[Fe]. The minimum atomic E-state index is -0.0689. The maximum Gasteiger partial charge on any atom is 0.157 e. The van der Waals surface area contributed by atoms with Crippen molar-refractivity contribution >= 4 is 0 Å². The number of rotatable bonds is 0. The molecular weight excluding hydrogens is 404 g/mol. The molecule has 6 nitrogen and oxygen atoms in total. The van der Waals surface area contributed by atoms with Gasteiger partial charge in [0, 0.05) is 17.1 Å². The zero-order valence-electron chi connectivity index (χ0n) is 15.7. The van der Waals surface area contributed by atoms with Crippen molar-refractivity contribution in [2.45, 2.75) is 20.8 Å². The van der Waals surface area contributed by atoms with Gasteiger partial charge in [-0.1, -0.05) is 18.2 Å². The molecule has 152 valence electrons. The molecule has 0 fully saturated rings. The van der Waals surface area contributed by atoms with Crippen LogP contribution in [0.5, 0.6) is 34.5 Å². The Kier molecular flexibility index (Phi) is 10.4. The van der Waals surface area contributed by atoms with Crippen LogP contribution in [-0.2, 0) is 17.1 Å². The molecule has 28 heavy (non-hydrogen) atoms. The largest absolute Gasteiger partial charge is 0.504 e. The smallest absolute Gasteiger partial charge is 0.157 e. The first-order valence-corrected chi connectivity index (χ1v) is 8.06. The zero-order chi connectivity index (χ0) is 20.6. The Morgan fingerprint density at radius 3 is 0.750 bits per heavy atom. The van der Waals surface area contributed by atoms with Crippen molar-refractivity contribution in [2.24, 2.45) is 0 Å². The molecule has 0 aliphatic heterocycles. The van der Waals surface area contributed by atoms with Crippen LogP contribution in [0.2, 0.25) is 0 Å². The van der Waals surface area contributed by atoms with Gasteiger partial charge < -0.3 is 30.6 Å². The number of phenols is 6. The maximum absolute atomic E-state index is 8.85. The molecule has 0 bridgehead atoms. The predicted molar refractivity (Wildman–Crippen MR) is 104 cm³/mol. The fourth-order valence-electron chi connectivity index (χ4n) is 1.90. The summed E-state index contributed by atoms with van der Waals surface area (Å²) in [5.74, 6) is -0.387. The van der Waals surface area contributed by atoms with Gasteiger partial charge in [0.2, 0.25) is 0 Å². The average molecular weight is 428 g/mol. The van der Waals surface area contributed by atoms with Gasteiger partial charge in [0.05, 0.1) is 0 Å². The number of hydrogen-bond donors (Lipinski definition) is 6. The molecule has 0 amide bonds. The summed E-state index contributed by atoms with van der Waals surface area (Å²) < 4.78 is 0. The predicted octanol–water partition coefficient (Wildman–Crippen LogP) is 4.22. The molecule has 0 radical (unpaired) electrons. The van der Waals surface area contributed by atoms with Gasteiger partial charge in [-0.25, -0.2) is 0 Å². The van der Waals surface area contributed by atoms with Gasteiger partial charge in [-0.15, -0.1) is 0 Å². The number of aryl methyl sites for hydroxylation is 3. The average Bonchev–Trinajstić information content (AvgIpc) is 2.60. The molecule has 0 aliphatic carbocycles. The Morgan fingerprint density at radius 1 is 0.393 bits per heavy atom. The summed E-state index contributed by atoms with van der Waals surface area (Å²) in [5.41, 5.74) is 2.81. The van der Waals surface area contributed by atoms with Crippen LogP contribution in [-0.4, -0.2) is 30.6 Å². The van der Waals surface area contributed by atoms with E-state index < -0.39 is 0 Å². The quantitative estimate of drug-likeness (QED) is 0.236. The molecule has 0 aliphatic rings. The molecule has 0 unspecified atom stereocenters. The van der Waals surface area contributed by atoms with Crippen molar-refractivity contribution in [3.05, 3.63) is 71.3 Å². The number of aromatic hydroxyl groups is 6. The fourth-order valence-corrected chi connectivity index (χ4v) is 1.90. The van der Waals surface area contributed by atoms with Gasteiger partial charge >= 0.3 is 0 Å². The standard InChI is InChI=1S/3C7H8O2.Fe/c3*1-5-2-3-6(8)7(9)4-5;/h3*2-4,8-9H,1H3;. The Labute approximate surface area is 174 Å². The summed E-state index contributed by atoms with van der Waals surface area (Å²) in [5, 5.41) is 52.9. The van der Waals surface area contributed by atoms with Crippen molar-refractivity contribution in [3.8, 4) is 34.5 Å². The van der Waals surface area contributed by atoms with Crippen molar-refractivity contribution in [2.75, 3.05) is 0 Å². The van der Waals surface area contributed by atoms with E-state index in [1.807, 2.05) is 20.8 Å². The van der Waals surface area contributed by atoms with E-state index in [1.54, 1.807) is 18.2 Å². The van der Waals surface area contributed by atoms with E-state index in [0.717, 1.165) is 16.7 Å². The van der Waals surface area contributed by atoms with Gasteiger partial charge in [-0.2, -0.15) is 0 Å². The summed E-state index contributed by atoms with van der Waals surface area (Å²) in [7, 11) is 0. The Balaban J connectivity index is 0.000000384. The van der Waals surface area contributed by atoms with Gasteiger partial charge in [0.15, 0.2) is 34.5 Å². The Bertz CT molecular complexity index is 778. The van der Waals surface area contributed by atoms with Crippen LogP contribution in [0, 0.1) is 20.8 Å². The van der Waals surface area contributed by atoms with Crippen LogP contribution >= 0.6 is 0 Å². The molecule has 3 rings (SSSR count). The third kappa shape index (κ3) is 8.58. The van der Waals surface area contributed by atoms with E-state index in [0.29, 0.717) is 0 Å². The third-order valence-corrected chi connectivity index (χ3v) is 3.39. The monoisotopic (exact) mass is 428 g/mol. The van der Waals surface area contributed by atoms with E-state index in [4.69, 9.17) is 30.6 Å². The van der Waals surface area contributed by atoms with Gasteiger partial charge in [0.1, 0.15) is 0 Å². The molecule has 0 spiro atoms. The van der Waals surface area contributed by atoms with Crippen LogP contribution in [0.4, 0.5) is 0 Å². The van der Waals surface area contributed by atoms with E-state index in [-0.39, 0.29) is 51.6 Å². The van der Waals surface area contributed by atoms with Gasteiger partial charge in [-0.05, 0) is 73.9 Å². The third-order valence-electron chi connectivity index (χ3n) is 3.39. The van der Waals surface area contributed by atoms with Crippen LogP contribution in [0.25, 0.3) is 0 Å². The topological polar surface area (TPSA) is 121 Å². The fraction of sp³-hybridized carbons (Fsp3) is 0.143. The van der Waals surface area contributed by atoms with Crippen LogP contribution in [0.3, 0.4) is 0 Å². The minimum absolute atomic E-state index is 0. The molecule has 6 N–H and O–H groups in total. The molecule has 3 aromatic carbocycles. The molecular formula is C21H24FeO6. The summed E-state index contributed by atoms with van der Waals surface area (Å²) in [6.07, 6.45) is 0. The number of benzene rings is 3. The Hall–Kier alpha value is -3.02. The van der Waals surface area contributed by atoms with E-state index in [9.17, 15) is 0 Å². The van der Waals surface area contributed by atoms with Gasteiger partial charge in [-0.3, -0.25) is 0 Å². The summed E-state index contributed by atoms with van der Waals surface area (Å²) in [6.45, 7) is 5.54. The first-order valence-electron chi connectivity index (χ1n) is 8.06. The van der Waals surface area contributed by atoms with Crippen LogP contribution < -0.4 is 0 Å². The van der Waals surface area contributed by atoms with Crippen molar-refractivity contribution < 1.29 is 47.7 Å². The molecule has 3 aromatic rings. The number of hydrogen-bond acceptors (Lipinski definition) is 6. The molecule has 0 saturated carbocycles. The second kappa shape index (κ2) is 11.6. The second-order valence-corrected chi connectivity index (χ2v) is 5.98. The van der Waals surface area contributed by atoms with Crippen molar-refractivity contribution in [1.29, 1.82) is 0 Å². The second-order valence-electron chi connectivity index (χ2n) is 5.98. The van der Waals surface area contributed by atoms with E-state index >= 15 is 0 Å². The molecule has 7 heteroatoms. The van der Waals surface area contributed by atoms with E-state index in [1.165, 1.54) is 36.4 Å². The van der Waals surface area contributed by atoms with Crippen molar-refractivity contribution in [1.82, 2.24) is 0 Å². The van der Waals surface area contributed by atoms with E-state index in [2.05, 4.69) is 0 Å². The summed E-state index contributed by atoms with van der Waals surface area (Å²) in [6, 6.07) is 14.1. The van der Waals surface area contributed by atoms with Crippen LogP contribution in [0.1, 0.15) is 16.7 Å². The molecule has 0 atom stereocenters. The molecule has 0 aromatic heterocycles. The van der Waals surface area contributed by atoms with Crippen LogP contribution in [0.15, 0.2) is 54.6 Å². The Morgan fingerprint density at radius 2 is 0.607 bits per heavy atom. The van der Waals surface area contributed by atoms with Crippen molar-refractivity contribution in [3.63, 3.8) is 0 Å². The first kappa shape index (κ1) is 25.0. The molecule has 0 heterocycles.